The van der Waals surface area contributed by atoms with Gasteiger partial charge in [0, 0.05) is 24.5 Å². The van der Waals surface area contributed by atoms with Crippen molar-refractivity contribution < 1.29 is 22.7 Å². The Balaban J connectivity index is 1.81. The Morgan fingerprint density at radius 3 is 2.22 bits per heavy atom. The molecule has 0 bridgehead atoms. The molecule has 0 aliphatic carbocycles. The van der Waals surface area contributed by atoms with Gasteiger partial charge in [0.15, 0.2) is 0 Å². The number of carbonyl (C=O) groups is 2. The fraction of sp³-hybridized carbons (Fsp3) is 0.278. The van der Waals surface area contributed by atoms with Crippen LogP contribution in [0.25, 0.3) is 0 Å². The highest BCUT2D eigenvalue weighted by Gasteiger charge is 2.35. The molecule has 0 aliphatic rings. The first kappa shape index (κ1) is 34.5. The largest absolute Gasteiger partial charge is 0.497 e. The SMILES string of the molecule is CCCCNC(=O)[C@@H](Cc1ccccc1)N(Cc1cccc(OC)c1)C(=O)CN(c1ccc(Cl)cc1C)S(=O)(=O)c1ccccc1. The predicted molar refractivity (Wildman–Crippen MR) is 183 cm³/mol. The Bertz CT molecular complexity index is 1720. The molecule has 0 heterocycles. The van der Waals surface area contributed by atoms with E-state index in [0.717, 1.165) is 28.3 Å². The third kappa shape index (κ3) is 8.89. The van der Waals surface area contributed by atoms with Crippen molar-refractivity contribution in [2.75, 3.05) is 24.5 Å². The summed E-state index contributed by atoms with van der Waals surface area (Å²) in [6.45, 7) is 3.74. The number of benzene rings is 4. The second-order valence-electron chi connectivity index (χ2n) is 11.0. The van der Waals surface area contributed by atoms with Crippen molar-refractivity contribution in [1.29, 1.82) is 0 Å². The average molecular weight is 662 g/mol. The van der Waals surface area contributed by atoms with Gasteiger partial charge in [-0.1, -0.05) is 85.6 Å². The van der Waals surface area contributed by atoms with Crippen LogP contribution in [0, 0.1) is 6.92 Å². The monoisotopic (exact) mass is 661 g/mol. The minimum Gasteiger partial charge on any atom is -0.497 e. The van der Waals surface area contributed by atoms with Crippen LogP contribution in [0.15, 0.2) is 108 Å². The molecule has 4 aromatic carbocycles. The molecule has 0 radical (unpaired) electrons. The van der Waals surface area contributed by atoms with Gasteiger partial charge in [-0.25, -0.2) is 8.42 Å². The van der Waals surface area contributed by atoms with Gasteiger partial charge in [-0.2, -0.15) is 0 Å². The third-order valence-electron chi connectivity index (χ3n) is 7.63. The Labute approximate surface area is 277 Å². The molecule has 4 aromatic rings. The standard InChI is InChI=1S/C36H40ClN3O5S/c1-4-5-21-38-36(42)34(24-28-13-8-6-9-14-28)39(25-29-15-12-16-31(23-29)45-3)35(41)26-40(33-20-19-30(37)22-27(33)2)46(43,44)32-17-10-7-11-18-32/h6-20,22-23,34H,4-5,21,24-26H2,1-3H3,(H,38,42)/t34-/m1/s1. The Morgan fingerprint density at radius 2 is 1.57 bits per heavy atom. The second-order valence-corrected chi connectivity index (χ2v) is 13.3. The van der Waals surface area contributed by atoms with Crippen molar-refractivity contribution in [2.24, 2.45) is 0 Å². The van der Waals surface area contributed by atoms with Gasteiger partial charge in [-0.05, 0) is 72.5 Å². The summed E-state index contributed by atoms with van der Waals surface area (Å²) in [5.41, 5.74) is 2.49. The number of ether oxygens (including phenoxy) is 1. The van der Waals surface area contributed by atoms with E-state index in [9.17, 15) is 18.0 Å². The summed E-state index contributed by atoms with van der Waals surface area (Å²) in [5.74, 6) is -0.251. The maximum absolute atomic E-state index is 14.6. The van der Waals surface area contributed by atoms with Gasteiger partial charge in [-0.3, -0.25) is 13.9 Å². The van der Waals surface area contributed by atoms with Crippen molar-refractivity contribution in [1.82, 2.24) is 10.2 Å². The number of methoxy groups -OCH3 is 1. The zero-order chi connectivity index (χ0) is 33.1. The summed E-state index contributed by atoms with van der Waals surface area (Å²) < 4.78 is 34.9. The van der Waals surface area contributed by atoms with Crippen molar-refractivity contribution in [3.8, 4) is 5.75 Å². The highest BCUT2D eigenvalue weighted by Crippen LogP contribution is 2.30. The lowest BCUT2D eigenvalue weighted by atomic mass is 10.0. The van der Waals surface area contributed by atoms with Crippen LogP contribution >= 0.6 is 11.6 Å². The lowest BCUT2D eigenvalue weighted by Gasteiger charge is -2.34. The van der Waals surface area contributed by atoms with Gasteiger partial charge in [-0.15, -0.1) is 0 Å². The first-order valence-corrected chi connectivity index (χ1v) is 17.0. The van der Waals surface area contributed by atoms with Gasteiger partial charge >= 0.3 is 0 Å². The number of anilines is 1. The molecule has 242 valence electrons. The quantitative estimate of drug-likeness (QED) is 0.149. The normalized spacial score (nSPS) is 11.8. The Hall–Kier alpha value is -4.34. The predicted octanol–water partition coefficient (Wildman–Crippen LogP) is 6.41. The summed E-state index contributed by atoms with van der Waals surface area (Å²) in [6.07, 6.45) is 1.91. The zero-order valence-corrected chi connectivity index (χ0v) is 27.9. The number of carbonyl (C=O) groups excluding carboxylic acids is 2. The Morgan fingerprint density at radius 1 is 0.891 bits per heavy atom. The number of nitrogens with one attached hydrogen (secondary N) is 1. The minimum atomic E-state index is -4.20. The molecule has 0 aliphatic heterocycles. The number of halogens is 1. The van der Waals surface area contributed by atoms with E-state index >= 15 is 0 Å². The van der Waals surface area contributed by atoms with Crippen LogP contribution < -0.4 is 14.4 Å². The van der Waals surface area contributed by atoms with Gasteiger partial charge in [0.25, 0.3) is 10.0 Å². The van der Waals surface area contributed by atoms with E-state index in [1.807, 2.05) is 49.4 Å². The zero-order valence-electron chi connectivity index (χ0n) is 26.4. The molecule has 0 saturated heterocycles. The molecule has 8 nitrogen and oxygen atoms in total. The molecule has 0 saturated carbocycles. The number of sulfonamides is 1. The van der Waals surface area contributed by atoms with Crippen molar-refractivity contribution in [2.45, 2.75) is 50.6 Å². The smallest absolute Gasteiger partial charge is 0.264 e. The van der Waals surface area contributed by atoms with E-state index in [1.54, 1.807) is 62.6 Å². The van der Waals surface area contributed by atoms with Crippen LogP contribution in [0.5, 0.6) is 5.75 Å². The minimum absolute atomic E-state index is 0.0367. The number of amides is 2. The van der Waals surface area contributed by atoms with Crippen LogP contribution in [0.4, 0.5) is 5.69 Å². The highest BCUT2D eigenvalue weighted by molar-refractivity contribution is 7.92. The molecule has 46 heavy (non-hydrogen) atoms. The number of unbranched alkanes of at least 4 members (excludes halogenated alkanes) is 1. The highest BCUT2D eigenvalue weighted by atomic mass is 35.5. The van der Waals surface area contributed by atoms with E-state index in [4.69, 9.17) is 16.3 Å². The molecular formula is C36H40ClN3O5S. The fourth-order valence-electron chi connectivity index (χ4n) is 5.16. The van der Waals surface area contributed by atoms with Gasteiger partial charge < -0.3 is 15.0 Å². The van der Waals surface area contributed by atoms with Gasteiger partial charge in [0.05, 0.1) is 17.7 Å². The summed E-state index contributed by atoms with van der Waals surface area (Å²) in [4.78, 5) is 30.0. The third-order valence-corrected chi connectivity index (χ3v) is 9.63. The van der Waals surface area contributed by atoms with E-state index in [2.05, 4.69) is 5.32 Å². The summed E-state index contributed by atoms with van der Waals surface area (Å²) in [6, 6.07) is 28.6. The van der Waals surface area contributed by atoms with E-state index < -0.39 is 28.5 Å². The average Bonchev–Trinajstić information content (AvgIpc) is 3.06. The Kier molecular flexibility index (Phi) is 12.2. The molecule has 4 rings (SSSR count). The van der Waals surface area contributed by atoms with Crippen molar-refractivity contribution >= 4 is 39.1 Å². The lowest BCUT2D eigenvalue weighted by molar-refractivity contribution is -0.140. The summed E-state index contributed by atoms with van der Waals surface area (Å²) in [7, 11) is -2.64. The van der Waals surface area contributed by atoms with Gasteiger partial charge in [0.1, 0.15) is 18.3 Å². The molecule has 0 aromatic heterocycles. The number of hydrogen-bond acceptors (Lipinski definition) is 5. The molecule has 10 heteroatoms. The first-order chi connectivity index (χ1) is 22.1. The van der Waals surface area contributed by atoms with Crippen LogP contribution in [0.3, 0.4) is 0 Å². The summed E-state index contributed by atoms with van der Waals surface area (Å²) in [5, 5.41) is 3.44. The number of rotatable bonds is 15. The van der Waals surface area contributed by atoms with E-state index in [0.29, 0.717) is 28.6 Å². The molecule has 1 N–H and O–H groups in total. The maximum atomic E-state index is 14.6. The number of nitrogens with zero attached hydrogens (tertiary/aromatic N) is 2. The molecular weight excluding hydrogens is 622 g/mol. The maximum Gasteiger partial charge on any atom is 0.264 e. The summed E-state index contributed by atoms with van der Waals surface area (Å²) >= 11 is 6.23. The number of aryl methyl sites for hydroxylation is 1. The van der Waals surface area contributed by atoms with Crippen LogP contribution in [0.2, 0.25) is 5.02 Å². The van der Waals surface area contributed by atoms with E-state index in [-0.39, 0.29) is 23.8 Å². The van der Waals surface area contributed by atoms with Crippen molar-refractivity contribution in [3.63, 3.8) is 0 Å². The molecule has 0 spiro atoms. The molecule has 0 unspecified atom stereocenters. The van der Waals surface area contributed by atoms with Crippen LogP contribution in [-0.2, 0) is 32.6 Å². The lowest BCUT2D eigenvalue weighted by Crippen LogP contribution is -2.53. The van der Waals surface area contributed by atoms with Crippen LogP contribution in [0.1, 0.15) is 36.5 Å². The van der Waals surface area contributed by atoms with Gasteiger partial charge in [0.2, 0.25) is 11.8 Å². The van der Waals surface area contributed by atoms with Crippen LogP contribution in [-0.4, -0.2) is 51.4 Å². The van der Waals surface area contributed by atoms with E-state index in [1.165, 1.54) is 17.0 Å². The molecule has 2 amide bonds. The second kappa shape index (κ2) is 16.3. The molecule has 0 fully saturated rings. The first-order valence-electron chi connectivity index (χ1n) is 15.2. The fourth-order valence-corrected chi connectivity index (χ4v) is 6.89. The topological polar surface area (TPSA) is 96.0 Å². The number of hydrogen-bond donors (Lipinski definition) is 1. The van der Waals surface area contributed by atoms with Crippen molar-refractivity contribution in [3.05, 3.63) is 125 Å². The molecule has 1 atom stereocenters.